The lowest BCUT2D eigenvalue weighted by atomic mass is 10.2. The van der Waals surface area contributed by atoms with Crippen LogP contribution in [0, 0.1) is 0 Å². The van der Waals surface area contributed by atoms with Gasteiger partial charge in [0, 0.05) is 44.0 Å². The van der Waals surface area contributed by atoms with Crippen LogP contribution in [0.15, 0.2) is 47.6 Å². The first-order valence-electron chi connectivity index (χ1n) is 9.01. The molecule has 3 rings (SSSR count). The van der Waals surface area contributed by atoms with Crippen molar-refractivity contribution in [1.82, 2.24) is 14.6 Å². The zero-order chi connectivity index (χ0) is 20.1. The number of carbonyl (C=O) groups excluding carboxylic acids is 1. The van der Waals surface area contributed by atoms with E-state index in [0.29, 0.717) is 30.2 Å². The number of rotatable bonds is 8. The van der Waals surface area contributed by atoms with E-state index in [-0.39, 0.29) is 29.9 Å². The fraction of sp³-hybridized carbons (Fsp3) is 0.368. The number of nitrogens with one attached hydrogen (secondary N) is 1. The van der Waals surface area contributed by atoms with E-state index in [9.17, 15) is 13.2 Å². The van der Waals surface area contributed by atoms with Crippen LogP contribution in [0.25, 0.3) is 0 Å². The Morgan fingerprint density at radius 2 is 2.04 bits per heavy atom. The van der Waals surface area contributed by atoms with E-state index in [2.05, 4.69) is 10.3 Å². The van der Waals surface area contributed by atoms with Crippen molar-refractivity contribution < 1.29 is 17.9 Å². The van der Waals surface area contributed by atoms with Crippen molar-refractivity contribution >= 4 is 27.5 Å². The first kappa shape index (κ1) is 20.6. The lowest BCUT2D eigenvalue weighted by molar-refractivity contribution is -0.119. The van der Waals surface area contributed by atoms with Gasteiger partial charge in [0.2, 0.25) is 15.9 Å². The third-order valence-corrected chi connectivity index (χ3v) is 6.58. The molecule has 150 valence electrons. The standard InChI is InChI=1S/C19H22ClN3O4S/c1-2-27-18-11-16(4-5-17(18)20)28(25,26)23(12-14-7-9-21-10-8-14)13-15-3-6-19(24)22-15/h4-5,7-11,15H,2-3,6,12-13H2,1H3,(H,22,24)/t15-/m0/s1. The van der Waals surface area contributed by atoms with Gasteiger partial charge < -0.3 is 10.1 Å². The van der Waals surface area contributed by atoms with Crippen molar-refractivity contribution in [2.45, 2.75) is 37.2 Å². The fourth-order valence-electron chi connectivity index (χ4n) is 3.06. The predicted octanol–water partition coefficient (Wildman–Crippen LogP) is 2.60. The van der Waals surface area contributed by atoms with Crippen LogP contribution in [0.4, 0.5) is 0 Å². The quantitative estimate of drug-likeness (QED) is 0.705. The Hall–Kier alpha value is -2.16. The first-order valence-corrected chi connectivity index (χ1v) is 10.8. The second kappa shape index (κ2) is 8.89. The number of aromatic nitrogens is 1. The number of halogens is 1. The summed E-state index contributed by atoms with van der Waals surface area (Å²) in [7, 11) is -3.84. The highest BCUT2D eigenvalue weighted by atomic mass is 35.5. The summed E-state index contributed by atoms with van der Waals surface area (Å²) < 4.78 is 33.6. The van der Waals surface area contributed by atoms with Gasteiger partial charge in [0.05, 0.1) is 16.5 Å². The molecule has 0 spiro atoms. The molecular formula is C19H22ClN3O4S. The molecule has 0 saturated carbocycles. The Bertz CT molecular complexity index is 937. The molecule has 1 N–H and O–H groups in total. The van der Waals surface area contributed by atoms with Crippen LogP contribution in [0.1, 0.15) is 25.3 Å². The predicted molar refractivity (Wildman–Crippen MR) is 106 cm³/mol. The van der Waals surface area contributed by atoms with E-state index < -0.39 is 10.0 Å². The number of pyridine rings is 1. The van der Waals surface area contributed by atoms with E-state index >= 15 is 0 Å². The number of sulfonamides is 1. The number of amides is 1. The van der Waals surface area contributed by atoms with E-state index in [1.165, 1.54) is 22.5 Å². The molecule has 28 heavy (non-hydrogen) atoms. The van der Waals surface area contributed by atoms with Crippen molar-refractivity contribution in [1.29, 1.82) is 0 Å². The maximum Gasteiger partial charge on any atom is 0.243 e. The Labute approximate surface area is 169 Å². The Morgan fingerprint density at radius 3 is 2.68 bits per heavy atom. The van der Waals surface area contributed by atoms with Crippen LogP contribution >= 0.6 is 11.6 Å². The summed E-state index contributed by atoms with van der Waals surface area (Å²) in [5, 5.41) is 3.18. The number of nitrogens with zero attached hydrogens (tertiary/aromatic N) is 2. The Kier molecular flexibility index (Phi) is 6.53. The molecule has 0 bridgehead atoms. The summed E-state index contributed by atoms with van der Waals surface area (Å²) in [6.45, 7) is 2.53. The van der Waals surface area contributed by atoms with Crippen molar-refractivity contribution in [3.63, 3.8) is 0 Å². The topological polar surface area (TPSA) is 88.6 Å². The average molecular weight is 424 g/mol. The third-order valence-electron chi connectivity index (χ3n) is 4.46. The second-order valence-corrected chi connectivity index (χ2v) is 8.83. The lowest BCUT2D eigenvalue weighted by Gasteiger charge is -2.25. The van der Waals surface area contributed by atoms with Crippen LogP contribution in [0.2, 0.25) is 5.02 Å². The van der Waals surface area contributed by atoms with Gasteiger partial charge in [-0.15, -0.1) is 0 Å². The van der Waals surface area contributed by atoms with Gasteiger partial charge in [0.15, 0.2) is 0 Å². The number of hydrogen-bond donors (Lipinski definition) is 1. The van der Waals surface area contributed by atoms with Crippen molar-refractivity contribution in [2.75, 3.05) is 13.2 Å². The van der Waals surface area contributed by atoms with E-state index in [1.807, 2.05) is 0 Å². The molecular weight excluding hydrogens is 402 g/mol. The number of ether oxygens (including phenoxy) is 1. The normalized spacial score (nSPS) is 17.0. The van der Waals surface area contributed by atoms with Crippen LogP contribution in [-0.4, -0.2) is 42.8 Å². The van der Waals surface area contributed by atoms with Gasteiger partial charge in [-0.05, 0) is 43.2 Å². The van der Waals surface area contributed by atoms with Gasteiger partial charge in [-0.3, -0.25) is 9.78 Å². The van der Waals surface area contributed by atoms with E-state index in [0.717, 1.165) is 5.56 Å². The number of hydrogen-bond acceptors (Lipinski definition) is 5. The summed E-state index contributed by atoms with van der Waals surface area (Å²) in [4.78, 5) is 15.6. The second-order valence-electron chi connectivity index (χ2n) is 6.48. The molecule has 1 saturated heterocycles. The SMILES string of the molecule is CCOc1cc(S(=O)(=O)N(Cc2ccncc2)C[C@@H]2CCC(=O)N2)ccc1Cl. The molecule has 1 aliphatic heterocycles. The van der Waals surface area contributed by atoms with E-state index in [1.54, 1.807) is 31.5 Å². The minimum Gasteiger partial charge on any atom is -0.492 e. The maximum atomic E-state index is 13.4. The smallest absolute Gasteiger partial charge is 0.243 e. The molecule has 7 nitrogen and oxygen atoms in total. The van der Waals surface area contributed by atoms with Crippen LogP contribution < -0.4 is 10.1 Å². The third kappa shape index (κ3) is 4.81. The molecule has 1 aromatic carbocycles. The monoisotopic (exact) mass is 423 g/mol. The summed E-state index contributed by atoms with van der Waals surface area (Å²) in [5.74, 6) is 0.264. The Balaban J connectivity index is 1.92. The molecule has 2 aromatic rings. The summed E-state index contributed by atoms with van der Waals surface area (Å²) in [6, 6.07) is 7.73. The van der Waals surface area contributed by atoms with Crippen molar-refractivity contribution in [2.24, 2.45) is 0 Å². The highest BCUT2D eigenvalue weighted by Gasteiger charge is 2.31. The van der Waals surface area contributed by atoms with Gasteiger partial charge in [0.25, 0.3) is 0 Å². The zero-order valence-corrected chi connectivity index (χ0v) is 17.0. The molecule has 2 heterocycles. The van der Waals surface area contributed by atoms with E-state index in [4.69, 9.17) is 16.3 Å². The first-order chi connectivity index (χ1) is 13.4. The molecule has 0 radical (unpaired) electrons. The van der Waals surface area contributed by atoms with Gasteiger partial charge in [-0.25, -0.2) is 8.42 Å². The zero-order valence-electron chi connectivity index (χ0n) is 15.5. The molecule has 1 amide bonds. The summed E-state index contributed by atoms with van der Waals surface area (Å²) >= 11 is 6.10. The van der Waals surface area contributed by atoms with Gasteiger partial charge in [-0.1, -0.05) is 11.6 Å². The Morgan fingerprint density at radius 1 is 1.29 bits per heavy atom. The van der Waals surface area contributed by atoms with Crippen molar-refractivity contribution in [3.05, 3.63) is 53.3 Å². The van der Waals surface area contributed by atoms with Gasteiger partial charge in [-0.2, -0.15) is 4.31 Å². The largest absolute Gasteiger partial charge is 0.492 e. The fourth-order valence-corrected chi connectivity index (χ4v) is 4.72. The summed E-state index contributed by atoms with van der Waals surface area (Å²) in [5.41, 5.74) is 0.807. The maximum absolute atomic E-state index is 13.4. The molecule has 1 aliphatic rings. The average Bonchev–Trinajstić information content (AvgIpc) is 3.09. The molecule has 1 aromatic heterocycles. The molecule has 0 aliphatic carbocycles. The van der Waals surface area contributed by atoms with Crippen LogP contribution in [0.5, 0.6) is 5.75 Å². The molecule has 1 fully saturated rings. The lowest BCUT2D eigenvalue weighted by Crippen LogP contribution is -2.41. The summed E-state index contributed by atoms with van der Waals surface area (Å²) in [6.07, 6.45) is 4.25. The molecule has 9 heteroatoms. The van der Waals surface area contributed by atoms with Crippen LogP contribution in [-0.2, 0) is 21.4 Å². The molecule has 1 atom stereocenters. The number of benzene rings is 1. The van der Waals surface area contributed by atoms with Crippen LogP contribution in [0.3, 0.4) is 0 Å². The highest BCUT2D eigenvalue weighted by Crippen LogP contribution is 2.30. The molecule has 0 unspecified atom stereocenters. The minimum absolute atomic E-state index is 0.0589. The van der Waals surface area contributed by atoms with Gasteiger partial charge >= 0.3 is 0 Å². The van der Waals surface area contributed by atoms with Gasteiger partial charge in [0.1, 0.15) is 5.75 Å². The van der Waals surface area contributed by atoms with Crippen molar-refractivity contribution in [3.8, 4) is 5.75 Å². The highest BCUT2D eigenvalue weighted by molar-refractivity contribution is 7.89. The minimum atomic E-state index is -3.84. The number of carbonyl (C=O) groups is 1.